The quantitative estimate of drug-likeness (QED) is 0.832. The van der Waals surface area contributed by atoms with Gasteiger partial charge in [-0.05, 0) is 37.3 Å². The van der Waals surface area contributed by atoms with Crippen molar-refractivity contribution in [1.29, 1.82) is 0 Å². The van der Waals surface area contributed by atoms with Crippen LogP contribution in [0, 0.1) is 17.0 Å². The SMILES string of the molecule is O=C1CC2(CCCN(C(=O)NCC3(c4cccc(F)c4F)CCCC3)C2)CN1. The van der Waals surface area contributed by atoms with E-state index >= 15 is 0 Å². The zero-order valence-electron chi connectivity index (χ0n) is 16.0. The summed E-state index contributed by atoms with van der Waals surface area (Å²) < 4.78 is 28.3. The van der Waals surface area contributed by atoms with Gasteiger partial charge in [-0.1, -0.05) is 25.0 Å². The van der Waals surface area contributed by atoms with Crippen LogP contribution in [0.15, 0.2) is 18.2 Å². The van der Waals surface area contributed by atoms with Gasteiger partial charge in [0.25, 0.3) is 0 Å². The summed E-state index contributed by atoms with van der Waals surface area (Å²) in [5.74, 6) is -1.59. The van der Waals surface area contributed by atoms with Crippen molar-refractivity contribution in [3.63, 3.8) is 0 Å². The Bertz CT molecular complexity index is 779. The van der Waals surface area contributed by atoms with Crippen molar-refractivity contribution in [2.24, 2.45) is 5.41 Å². The molecular weight excluding hydrogens is 364 g/mol. The van der Waals surface area contributed by atoms with Crippen molar-refractivity contribution in [3.8, 4) is 0 Å². The van der Waals surface area contributed by atoms with Crippen LogP contribution >= 0.6 is 0 Å². The van der Waals surface area contributed by atoms with Crippen molar-refractivity contribution in [1.82, 2.24) is 15.5 Å². The third-order valence-corrected chi connectivity index (χ3v) is 6.81. The summed E-state index contributed by atoms with van der Waals surface area (Å²) in [5, 5.41) is 5.87. The molecule has 3 aliphatic rings. The average Bonchev–Trinajstić information content (AvgIpc) is 3.30. The van der Waals surface area contributed by atoms with E-state index in [1.54, 1.807) is 11.0 Å². The van der Waals surface area contributed by atoms with Crippen LogP contribution in [0.3, 0.4) is 0 Å². The lowest BCUT2D eigenvalue weighted by Crippen LogP contribution is -2.52. The fraction of sp³-hybridized carbons (Fsp3) is 0.619. The fourth-order valence-corrected chi connectivity index (χ4v) is 5.28. The van der Waals surface area contributed by atoms with Gasteiger partial charge in [0.2, 0.25) is 5.91 Å². The highest BCUT2D eigenvalue weighted by Crippen LogP contribution is 2.42. The lowest BCUT2D eigenvalue weighted by atomic mass is 9.78. The Morgan fingerprint density at radius 2 is 1.96 bits per heavy atom. The van der Waals surface area contributed by atoms with E-state index in [4.69, 9.17) is 0 Å². The number of hydrogen-bond donors (Lipinski definition) is 2. The van der Waals surface area contributed by atoms with E-state index in [-0.39, 0.29) is 17.4 Å². The average molecular weight is 391 g/mol. The molecule has 7 heteroatoms. The summed E-state index contributed by atoms with van der Waals surface area (Å²) in [6.45, 7) is 2.13. The molecule has 0 bridgehead atoms. The number of nitrogens with one attached hydrogen (secondary N) is 2. The van der Waals surface area contributed by atoms with Crippen LogP contribution in [0.1, 0.15) is 50.5 Å². The molecular formula is C21H27F2N3O2. The monoisotopic (exact) mass is 391 g/mol. The summed E-state index contributed by atoms with van der Waals surface area (Å²) in [6, 6.07) is 4.13. The summed E-state index contributed by atoms with van der Waals surface area (Å²) in [5.41, 5.74) is -0.349. The molecule has 1 aliphatic carbocycles. The molecule has 0 radical (unpaired) electrons. The second-order valence-corrected chi connectivity index (χ2v) is 8.73. The largest absolute Gasteiger partial charge is 0.355 e. The Labute approximate surface area is 163 Å². The van der Waals surface area contributed by atoms with Crippen LogP contribution in [-0.4, -0.2) is 43.0 Å². The number of urea groups is 1. The third-order valence-electron chi connectivity index (χ3n) is 6.81. The Hall–Kier alpha value is -2.18. The standard InChI is InChI=1S/C21H27F2N3O2/c22-16-6-3-5-15(18(16)23)21(8-1-2-9-21)13-25-19(28)26-10-4-7-20(14-26)11-17(27)24-12-20/h3,5-6H,1-2,4,7-14H2,(H,24,27)(H,25,28). The van der Waals surface area contributed by atoms with Gasteiger partial charge in [-0.3, -0.25) is 4.79 Å². The Kier molecular flexibility index (Phi) is 5.02. The zero-order chi connectivity index (χ0) is 19.8. The third kappa shape index (κ3) is 3.47. The lowest BCUT2D eigenvalue weighted by Gasteiger charge is -2.40. The van der Waals surface area contributed by atoms with E-state index in [1.165, 1.54) is 6.07 Å². The van der Waals surface area contributed by atoms with Crippen molar-refractivity contribution in [3.05, 3.63) is 35.4 Å². The summed E-state index contributed by atoms with van der Waals surface area (Å²) in [4.78, 5) is 26.3. The lowest BCUT2D eigenvalue weighted by molar-refractivity contribution is -0.119. The number of nitrogens with zero attached hydrogens (tertiary/aromatic N) is 1. The molecule has 1 unspecified atom stereocenters. The molecule has 1 saturated carbocycles. The number of rotatable bonds is 3. The zero-order valence-corrected chi connectivity index (χ0v) is 16.0. The molecule has 2 aliphatic heterocycles. The van der Waals surface area contributed by atoms with Gasteiger partial charge in [-0.25, -0.2) is 13.6 Å². The van der Waals surface area contributed by atoms with Crippen LogP contribution in [0.4, 0.5) is 13.6 Å². The van der Waals surface area contributed by atoms with Crippen molar-refractivity contribution < 1.29 is 18.4 Å². The molecule has 2 N–H and O–H groups in total. The second-order valence-electron chi connectivity index (χ2n) is 8.73. The molecule has 4 rings (SSSR count). The first kappa shape index (κ1) is 19.2. The van der Waals surface area contributed by atoms with Crippen LogP contribution in [0.25, 0.3) is 0 Å². The van der Waals surface area contributed by atoms with E-state index in [1.807, 2.05) is 0 Å². The Balaban J connectivity index is 1.45. The highest BCUT2D eigenvalue weighted by molar-refractivity contribution is 5.80. The smallest absolute Gasteiger partial charge is 0.317 e. The van der Waals surface area contributed by atoms with E-state index in [0.29, 0.717) is 38.2 Å². The Morgan fingerprint density at radius 1 is 1.18 bits per heavy atom. The number of hydrogen-bond acceptors (Lipinski definition) is 2. The van der Waals surface area contributed by atoms with Gasteiger partial charge < -0.3 is 15.5 Å². The summed E-state index contributed by atoms with van der Waals surface area (Å²) >= 11 is 0. The highest BCUT2D eigenvalue weighted by atomic mass is 19.2. The Morgan fingerprint density at radius 3 is 2.68 bits per heavy atom. The molecule has 1 spiro atoms. The minimum Gasteiger partial charge on any atom is -0.355 e. The molecule has 0 aromatic heterocycles. The predicted molar refractivity (Wildman–Crippen MR) is 101 cm³/mol. The maximum Gasteiger partial charge on any atom is 0.317 e. The van der Waals surface area contributed by atoms with E-state index in [2.05, 4.69) is 10.6 Å². The molecule has 28 heavy (non-hydrogen) atoms. The molecule has 3 amide bonds. The molecule has 1 atom stereocenters. The number of carbonyl (C=O) groups is 2. The molecule has 3 fully saturated rings. The molecule has 152 valence electrons. The van der Waals surface area contributed by atoms with Crippen LogP contribution < -0.4 is 10.6 Å². The molecule has 5 nitrogen and oxygen atoms in total. The predicted octanol–water partition coefficient (Wildman–Crippen LogP) is 3.09. The first-order valence-electron chi connectivity index (χ1n) is 10.2. The van der Waals surface area contributed by atoms with E-state index in [0.717, 1.165) is 44.6 Å². The van der Waals surface area contributed by atoms with Crippen molar-refractivity contribution in [2.45, 2.75) is 50.4 Å². The van der Waals surface area contributed by atoms with Crippen molar-refractivity contribution in [2.75, 3.05) is 26.2 Å². The number of likely N-dealkylation sites (tertiary alicyclic amines) is 1. The van der Waals surface area contributed by atoms with Gasteiger partial charge in [0, 0.05) is 43.4 Å². The maximum atomic E-state index is 14.5. The summed E-state index contributed by atoms with van der Waals surface area (Å²) in [6.07, 6.45) is 5.61. The molecule has 1 aromatic rings. The molecule has 1 aromatic carbocycles. The van der Waals surface area contributed by atoms with Crippen molar-refractivity contribution >= 4 is 11.9 Å². The topological polar surface area (TPSA) is 61.4 Å². The number of amides is 3. The van der Waals surface area contributed by atoms with Gasteiger partial charge in [-0.15, -0.1) is 0 Å². The molecule has 2 saturated heterocycles. The minimum atomic E-state index is -0.841. The van der Waals surface area contributed by atoms with E-state index in [9.17, 15) is 18.4 Å². The number of halogens is 2. The normalized spacial score (nSPS) is 26.5. The fourth-order valence-electron chi connectivity index (χ4n) is 5.28. The number of carbonyl (C=O) groups excluding carboxylic acids is 2. The second kappa shape index (κ2) is 7.33. The van der Waals surface area contributed by atoms with Gasteiger partial charge in [0.05, 0.1) is 0 Å². The van der Waals surface area contributed by atoms with Crippen LogP contribution in [-0.2, 0) is 10.2 Å². The minimum absolute atomic E-state index is 0.0498. The van der Waals surface area contributed by atoms with Crippen LogP contribution in [0.5, 0.6) is 0 Å². The number of benzene rings is 1. The van der Waals surface area contributed by atoms with Gasteiger partial charge in [0.15, 0.2) is 11.6 Å². The highest BCUT2D eigenvalue weighted by Gasteiger charge is 2.43. The first-order chi connectivity index (χ1) is 13.4. The first-order valence-corrected chi connectivity index (χ1v) is 10.2. The maximum absolute atomic E-state index is 14.5. The number of piperidine rings is 1. The van der Waals surface area contributed by atoms with Gasteiger partial charge >= 0.3 is 6.03 Å². The summed E-state index contributed by atoms with van der Waals surface area (Å²) in [7, 11) is 0. The van der Waals surface area contributed by atoms with E-state index < -0.39 is 17.0 Å². The van der Waals surface area contributed by atoms with Crippen LogP contribution in [0.2, 0.25) is 0 Å². The van der Waals surface area contributed by atoms with Gasteiger partial charge in [-0.2, -0.15) is 0 Å². The molecule has 2 heterocycles. The van der Waals surface area contributed by atoms with Gasteiger partial charge in [0.1, 0.15) is 0 Å².